The van der Waals surface area contributed by atoms with Gasteiger partial charge in [0, 0.05) is 11.4 Å². The van der Waals surface area contributed by atoms with E-state index in [1.54, 1.807) is 0 Å². The molecule has 1 N–H and O–H groups in total. The quantitative estimate of drug-likeness (QED) is 0.872. The summed E-state index contributed by atoms with van der Waals surface area (Å²) in [7, 11) is 0. The Bertz CT molecular complexity index is 593. The van der Waals surface area contributed by atoms with E-state index in [4.69, 9.17) is 11.6 Å². The highest BCUT2D eigenvalue weighted by Crippen LogP contribution is 2.38. The summed E-state index contributed by atoms with van der Waals surface area (Å²) in [6.07, 6.45) is 3.47. The first-order valence-corrected chi connectivity index (χ1v) is 7.11. The van der Waals surface area contributed by atoms with E-state index in [0.717, 1.165) is 35.4 Å². The maximum absolute atomic E-state index is 11.0. The molecule has 98 valence electrons. The molecule has 0 spiro atoms. The van der Waals surface area contributed by atoms with Crippen LogP contribution in [0.2, 0.25) is 5.02 Å². The van der Waals surface area contributed by atoms with Crippen molar-refractivity contribution >= 4 is 11.6 Å². The summed E-state index contributed by atoms with van der Waals surface area (Å²) in [5.41, 5.74) is 2.58. The van der Waals surface area contributed by atoms with Gasteiger partial charge in [-0.25, -0.2) is 0 Å². The summed E-state index contributed by atoms with van der Waals surface area (Å²) in [5, 5.41) is 11.8. The van der Waals surface area contributed by atoms with Crippen molar-refractivity contribution in [2.75, 3.05) is 0 Å². The van der Waals surface area contributed by atoms with Gasteiger partial charge in [0.25, 0.3) is 0 Å². The van der Waals surface area contributed by atoms with Gasteiger partial charge in [-0.2, -0.15) is 0 Å². The summed E-state index contributed by atoms with van der Waals surface area (Å²) in [5.74, 6) is 0. The van der Waals surface area contributed by atoms with Crippen LogP contribution >= 0.6 is 11.6 Å². The molecule has 0 fully saturated rings. The second kappa shape index (κ2) is 4.99. The van der Waals surface area contributed by atoms with E-state index in [1.807, 2.05) is 42.5 Å². The molecule has 3 rings (SSSR count). The lowest BCUT2D eigenvalue weighted by Gasteiger charge is -2.35. The Morgan fingerprint density at radius 2 is 1.79 bits per heavy atom. The number of benzene rings is 2. The third-order valence-electron chi connectivity index (χ3n) is 4.00. The van der Waals surface area contributed by atoms with E-state index >= 15 is 0 Å². The van der Waals surface area contributed by atoms with Gasteiger partial charge < -0.3 is 5.11 Å². The van der Waals surface area contributed by atoms with Gasteiger partial charge in [0.2, 0.25) is 0 Å². The topological polar surface area (TPSA) is 20.2 Å². The Kier molecular flexibility index (Phi) is 3.34. The standard InChI is InChI=1S/C17H17ClO/c18-16-10-4-2-7-14(16)12-17(19)11-5-8-13-6-1-3-9-15(13)17/h1-4,6-7,9-10,19H,5,8,11-12H2. The molecule has 1 atom stereocenters. The van der Waals surface area contributed by atoms with Gasteiger partial charge in [0.1, 0.15) is 0 Å². The largest absolute Gasteiger partial charge is 0.385 e. The summed E-state index contributed by atoms with van der Waals surface area (Å²) < 4.78 is 0. The molecular formula is C17H17ClO. The zero-order chi connectivity index (χ0) is 13.3. The third kappa shape index (κ3) is 2.41. The Morgan fingerprint density at radius 3 is 2.63 bits per heavy atom. The van der Waals surface area contributed by atoms with Gasteiger partial charge in [0.15, 0.2) is 0 Å². The fourth-order valence-corrected chi connectivity index (χ4v) is 3.24. The molecule has 1 unspecified atom stereocenters. The minimum absolute atomic E-state index is 0.587. The number of hydrogen-bond donors (Lipinski definition) is 1. The minimum Gasteiger partial charge on any atom is -0.385 e. The number of halogens is 1. The molecule has 0 aliphatic heterocycles. The Hall–Kier alpha value is -1.31. The minimum atomic E-state index is -0.778. The predicted molar refractivity (Wildman–Crippen MR) is 78.4 cm³/mol. The molecule has 2 aromatic carbocycles. The lowest BCUT2D eigenvalue weighted by atomic mass is 9.76. The van der Waals surface area contributed by atoms with Crippen molar-refractivity contribution in [2.24, 2.45) is 0 Å². The molecule has 1 aliphatic rings. The first kappa shape index (κ1) is 12.7. The van der Waals surface area contributed by atoms with Gasteiger partial charge >= 0.3 is 0 Å². The SMILES string of the molecule is OC1(Cc2ccccc2Cl)CCCc2ccccc21. The van der Waals surface area contributed by atoms with Crippen LogP contribution in [0.25, 0.3) is 0 Å². The zero-order valence-electron chi connectivity index (χ0n) is 10.8. The number of aliphatic hydroxyl groups is 1. The van der Waals surface area contributed by atoms with Crippen molar-refractivity contribution in [3.05, 3.63) is 70.2 Å². The van der Waals surface area contributed by atoms with E-state index in [-0.39, 0.29) is 0 Å². The smallest absolute Gasteiger partial charge is 0.0940 e. The van der Waals surface area contributed by atoms with Crippen molar-refractivity contribution in [3.63, 3.8) is 0 Å². The Balaban J connectivity index is 1.99. The first-order chi connectivity index (χ1) is 9.19. The zero-order valence-corrected chi connectivity index (χ0v) is 11.5. The van der Waals surface area contributed by atoms with Crippen molar-refractivity contribution in [1.29, 1.82) is 0 Å². The van der Waals surface area contributed by atoms with E-state index in [1.165, 1.54) is 5.56 Å². The molecule has 1 nitrogen and oxygen atoms in total. The molecule has 0 bridgehead atoms. The van der Waals surface area contributed by atoms with Gasteiger partial charge in [0.05, 0.1) is 5.60 Å². The fraction of sp³-hybridized carbons (Fsp3) is 0.294. The lowest BCUT2D eigenvalue weighted by molar-refractivity contribution is 0.0190. The molecule has 0 radical (unpaired) electrons. The summed E-state index contributed by atoms with van der Waals surface area (Å²) in [4.78, 5) is 0. The van der Waals surface area contributed by atoms with Gasteiger partial charge in [-0.3, -0.25) is 0 Å². The maximum Gasteiger partial charge on any atom is 0.0940 e. The Morgan fingerprint density at radius 1 is 1.05 bits per heavy atom. The molecule has 1 aliphatic carbocycles. The van der Waals surface area contributed by atoms with E-state index in [2.05, 4.69) is 6.07 Å². The average molecular weight is 273 g/mol. The number of aryl methyl sites for hydroxylation is 1. The van der Waals surface area contributed by atoms with Gasteiger partial charge in [-0.05, 0) is 42.0 Å². The molecule has 19 heavy (non-hydrogen) atoms. The fourth-order valence-electron chi connectivity index (χ4n) is 3.04. The first-order valence-electron chi connectivity index (χ1n) is 6.73. The monoisotopic (exact) mass is 272 g/mol. The molecule has 0 heterocycles. The van der Waals surface area contributed by atoms with Crippen LogP contribution in [0, 0.1) is 0 Å². The Labute approximate surface area is 118 Å². The normalized spacial score (nSPS) is 22.0. The van der Waals surface area contributed by atoms with Crippen LogP contribution in [-0.2, 0) is 18.4 Å². The maximum atomic E-state index is 11.0. The number of rotatable bonds is 2. The van der Waals surface area contributed by atoms with Crippen molar-refractivity contribution in [3.8, 4) is 0 Å². The van der Waals surface area contributed by atoms with E-state index in [9.17, 15) is 5.11 Å². The molecule has 0 saturated carbocycles. The van der Waals surface area contributed by atoms with Crippen LogP contribution < -0.4 is 0 Å². The van der Waals surface area contributed by atoms with Gasteiger partial charge in [-0.15, -0.1) is 0 Å². The second-order valence-electron chi connectivity index (χ2n) is 5.31. The van der Waals surface area contributed by atoms with E-state index in [0.29, 0.717) is 6.42 Å². The highest BCUT2D eigenvalue weighted by Gasteiger charge is 2.34. The third-order valence-corrected chi connectivity index (χ3v) is 4.36. The van der Waals surface area contributed by atoms with Crippen LogP contribution in [-0.4, -0.2) is 5.11 Å². The van der Waals surface area contributed by atoms with Crippen LogP contribution in [0.3, 0.4) is 0 Å². The molecule has 0 amide bonds. The molecule has 0 saturated heterocycles. The summed E-state index contributed by atoms with van der Waals surface area (Å²) in [6, 6.07) is 16.0. The molecule has 0 aromatic heterocycles. The van der Waals surface area contributed by atoms with Gasteiger partial charge in [-0.1, -0.05) is 54.1 Å². The van der Waals surface area contributed by atoms with E-state index < -0.39 is 5.60 Å². The summed E-state index contributed by atoms with van der Waals surface area (Å²) >= 11 is 6.22. The molecule has 2 aromatic rings. The highest BCUT2D eigenvalue weighted by atomic mass is 35.5. The van der Waals surface area contributed by atoms with Crippen LogP contribution in [0.1, 0.15) is 29.5 Å². The number of hydrogen-bond acceptors (Lipinski definition) is 1. The second-order valence-corrected chi connectivity index (χ2v) is 5.72. The average Bonchev–Trinajstić information content (AvgIpc) is 2.42. The van der Waals surface area contributed by atoms with Crippen LogP contribution in [0.15, 0.2) is 48.5 Å². The van der Waals surface area contributed by atoms with Crippen molar-refractivity contribution in [1.82, 2.24) is 0 Å². The number of fused-ring (bicyclic) bond motifs is 1. The molecular weight excluding hydrogens is 256 g/mol. The highest BCUT2D eigenvalue weighted by molar-refractivity contribution is 6.31. The molecule has 2 heteroatoms. The van der Waals surface area contributed by atoms with Crippen LogP contribution in [0.4, 0.5) is 0 Å². The van der Waals surface area contributed by atoms with Crippen molar-refractivity contribution < 1.29 is 5.11 Å². The predicted octanol–water partition coefficient (Wildman–Crippen LogP) is 4.11. The van der Waals surface area contributed by atoms with Crippen LogP contribution in [0.5, 0.6) is 0 Å². The summed E-state index contributed by atoms with van der Waals surface area (Å²) in [6.45, 7) is 0. The lowest BCUT2D eigenvalue weighted by Crippen LogP contribution is -2.33. The van der Waals surface area contributed by atoms with Crippen molar-refractivity contribution in [2.45, 2.75) is 31.3 Å².